The number of piperidine rings is 1. The topological polar surface area (TPSA) is 98.5 Å². The number of fused-ring (bicyclic) bond motifs is 4. The van der Waals surface area contributed by atoms with E-state index in [1.807, 2.05) is 42.3 Å². The maximum Gasteiger partial charge on any atom is 0.254 e. The molecular weight excluding hydrogens is 538 g/mol. The summed E-state index contributed by atoms with van der Waals surface area (Å²) in [5.41, 5.74) is 14.0. The van der Waals surface area contributed by atoms with Crippen LogP contribution in [0.25, 0.3) is 44.6 Å². The molecule has 2 unspecified atom stereocenters. The second-order valence-electron chi connectivity index (χ2n) is 12.7. The van der Waals surface area contributed by atoms with Gasteiger partial charge < -0.3 is 29.6 Å². The molecule has 0 spiro atoms. The van der Waals surface area contributed by atoms with Gasteiger partial charge >= 0.3 is 0 Å². The zero-order valence-electron chi connectivity index (χ0n) is 24.7. The number of ether oxygens (including phenoxy) is 1. The van der Waals surface area contributed by atoms with E-state index in [1.165, 1.54) is 18.4 Å². The SMILES string of the molecule is COc1cc(C(=O)N2CC3CCC2[C@@H]3N)cc2nc(-c3cc4ccc(-c5cccc(CO)c5)cc4n3CC3CC3)n(C)c12. The van der Waals surface area contributed by atoms with E-state index in [1.54, 1.807) is 7.11 Å². The summed E-state index contributed by atoms with van der Waals surface area (Å²) in [7, 11) is 3.68. The first-order valence-corrected chi connectivity index (χ1v) is 15.4. The summed E-state index contributed by atoms with van der Waals surface area (Å²) in [6, 6.07) is 20.9. The summed E-state index contributed by atoms with van der Waals surface area (Å²) in [4.78, 5) is 20.8. The molecule has 1 saturated heterocycles. The number of amides is 1. The number of carbonyl (C=O) groups is 1. The van der Waals surface area contributed by atoms with E-state index < -0.39 is 0 Å². The summed E-state index contributed by atoms with van der Waals surface area (Å²) < 4.78 is 10.4. The van der Waals surface area contributed by atoms with Crippen molar-refractivity contribution in [1.82, 2.24) is 19.0 Å². The Hall–Kier alpha value is -4.14. The molecule has 3 aromatic carbocycles. The zero-order valence-corrected chi connectivity index (χ0v) is 24.7. The molecule has 43 heavy (non-hydrogen) atoms. The third-order valence-electron chi connectivity index (χ3n) is 10.0. The standard InChI is InChI=1S/C35H37N5O3/c1-38-33-27(13-26(16-31(33)43-2)35(42)40-18-25-10-11-28(40)32(25)36)37-34(38)30-15-24-9-8-23(22-5-3-4-21(12-22)19-41)14-29(24)39(30)17-20-6-7-20/h3-5,8-9,12-16,20,25,28,32,41H,6-7,10-11,17-19,36H2,1-2H3/t25?,28?,32-/m1/s1. The average molecular weight is 576 g/mol. The lowest BCUT2D eigenvalue weighted by Crippen LogP contribution is -2.41. The maximum absolute atomic E-state index is 13.7. The van der Waals surface area contributed by atoms with Crippen LogP contribution >= 0.6 is 0 Å². The molecule has 3 heterocycles. The molecule has 1 aliphatic heterocycles. The minimum absolute atomic E-state index is 0.00990. The predicted molar refractivity (Wildman–Crippen MR) is 168 cm³/mol. The fourth-order valence-corrected chi connectivity index (χ4v) is 7.49. The van der Waals surface area contributed by atoms with Crippen LogP contribution in [0.1, 0.15) is 41.6 Å². The van der Waals surface area contributed by atoms with Gasteiger partial charge in [-0.05, 0) is 84.5 Å². The van der Waals surface area contributed by atoms with Crippen LogP contribution in [0.3, 0.4) is 0 Å². The monoisotopic (exact) mass is 575 g/mol. The summed E-state index contributed by atoms with van der Waals surface area (Å²) in [5, 5.41) is 10.8. The van der Waals surface area contributed by atoms with Crippen LogP contribution in [0.5, 0.6) is 5.75 Å². The van der Waals surface area contributed by atoms with Gasteiger partial charge in [-0.25, -0.2) is 4.98 Å². The Morgan fingerprint density at radius 2 is 1.88 bits per heavy atom. The minimum atomic E-state index is 0.00990. The normalized spacial score (nSPS) is 21.4. The smallest absolute Gasteiger partial charge is 0.254 e. The van der Waals surface area contributed by atoms with Gasteiger partial charge in [0.2, 0.25) is 0 Å². The van der Waals surface area contributed by atoms with Crippen molar-refractivity contribution in [2.45, 2.75) is 50.9 Å². The van der Waals surface area contributed by atoms with E-state index >= 15 is 0 Å². The first-order chi connectivity index (χ1) is 20.9. The average Bonchev–Trinajstić information content (AvgIpc) is 3.44. The molecule has 3 aliphatic rings. The molecule has 0 radical (unpaired) electrons. The van der Waals surface area contributed by atoms with Crippen molar-refractivity contribution >= 4 is 27.8 Å². The summed E-state index contributed by atoms with van der Waals surface area (Å²) >= 11 is 0. The van der Waals surface area contributed by atoms with Gasteiger partial charge in [-0.15, -0.1) is 0 Å². The Bertz CT molecular complexity index is 1900. The van der Waals surface area contributed by atoms with Crippen LogP contribution < -0.4 is 10.5 Å². The molecule has 8 nitrogen and oxygen atoms in total. The lowest BCUT2D eigenvalue weighted by Gasteiger charge is -2.27. The number of nitrogens with two attached hydrogens (primary N) is 1. The van der Waals surface area contributed by atoms with E-state index in [2.05, 4.69) is 39.5 Å². The van der Waals surface area contributed by atoms with Crippen molar-refractivity contribution in [1.29, 1.82) is 0 Å². The van der Waals surface area contributed by atoms with E-state index in [-0.39, 0.29) is 24.6 Å². The molecular formula is C35H37N5O3. The van der Waals surface area contributed by atoms with Crippen LogP contribution in [0.2, 0.25) is 0 Å². The number of aryl methyl sites for hydroxylation is 1. The third-order valence-corrected chi connectivity index (χ3v) is 10.0. The Labute approximate surface area is 250 Å². The number of methoxy groups -OCH3 is 1. The second-order valence-corrected chi connectivity index (χ2v) is 12.7. The van der Waals surface area contributed by atoms with Gasteiger partial charge in [-0.1, -0.05) is 30.3 Å². The Morgan fingerprint density at radius 1 is 1.05 bits per heavy atom. The quantitative estimate of drug-likeness (QED) is 0.273. The van der Waals surface area contributed by atoms with Gasteiger partial charge in [0.15, 0.2) is 5.82 Å². The zero-order chi connectivity index (χ0) is 29.4. The van der Waals surface area contributed by atoms with Crippen molar-refractivity contribution in [3.8, 4) is 28.4 Å². The highest BCUT2D eigenvalue weighted by molar-refractivity contribution is 6.00. The van der Waals surface area contributed by atoms with E-state index in [4.69, 9.17) is 15.5 Å². The van der Waals surface area contributed by atoms with Crippen molar-refractivity contribution in [2.24, 2.45) is 24.6 Å². The van der Waals surface area contributed by atoms with E-state index in [0.29, 0.717) is 23.1 Å². The van der Waals surface area contributed by atoms with Crippen molar-refractivity contribution in [3.05, 3.63) is 71.8 Å². The molecule has 8 heteroatoms. The number of benzene rings is 3. The molecule has 220 valence electrons. The van der Waals surface area contributed by atoms with Crippen molar-refractivity contribution < 1.29 is 14.6 Å². The molecule has 8 rings (SSSR count). The predicted octanol–water partition coefficient (Wildman–Crippen LogP) is 5.33. The Balaban J connectivity index is 1.24. The van der Waals surface area contributed by atoms with E-state index in [0.717, 1.165) is 70.6 Å². The number of aromatic nitrogens is 3. The summed E-state index contributed by atoms with van der Waals surface area (Å²) in [6.07, 6.45) is 4.56. The largest absolute Gasteiger partial charge is 0.494 e. The van der Waals surface area contributed by atoms with Crippen LogP contribution in [0.4, 0.5) is 0 Å². The molecule has 2 aromatic heterocycles. The van der Waals surface area contributed by atoms with Gasteiger partial charge in [0.05, 0.1) is 24.9 Å². The van der Waals surface area contributed by atoms with Gasteiger partial charge in [-0.2, -0.15) is 0 Å². The molecule has 3 N–H and O–H groups in total. The van der Waals surface area contributed by atoms with Gasteiger partial charge in [0.25, 0.3) is 5.91 Å². The lowest BCUT2D eigenvalue weighted by atomic mass is 10.0. The highest BCUT2D eigenvalue weighted by Gasteiger charge is 2.47. The fraction of sp³-hybridized carbons (Fsp3) is 0.371. The fourth-order valence-electron chi connectivity index (χ4n) is 7.49. The van der Waals surface area contributed by atoms with Gasteiger partial charge in [-0.3, -0.25) is 4.79 Å². The van der Waals surface area contributed by atoms with Crippen LogP contribution in [-0.2, 0) is 20.2 Å². The van der Waals surface area contributed by atoms with Crippen LogP contribution in [0, 0.1) is 11.8 Å². The van der Waals surface area contributed by atoms with Gasteiger partial charge in [0, 0.05) is 48.7 Å². The minimum Gasteiger partial charge on any atom is -0.494 e. The van der Waals surface area contributed by atoms with Gasteiger partial charge in [0.1, 0.15) is 11.3 Å². The molecule has 3 fully saturated rings. The molecule has 5 aromatic rings. The molecule has 2 saturated carbocycles. The number of likely N-dealkylation sites (tertiary alicyclic amines) is 1. The number of hydrogen-bond acceptors (Lipinski definition) is 5. The van der Waals surface area contributed by atoms with E-state index in [9.17, 15) is 9.90 Å². The summed E-state index contributed by atoms with van der Waals surface area (Å²) in [5.74, 6) is 2.56. The maximum atomic E-state index is 13.7. The molecule has 2 aliphatic carbocycles. The number of rotatable bonds is 7. The summed E-state index contributed by atoms with van der Waals surface area (Å²) in [6.45, 7) is 1.68. The van der Waals surface area contributed by atoms with Crippen molar-refractivity contribution in [2.75, 3.05) is 13.7 Å². The molecule has 3 atom stereocenters. The highest BCUT2D eigenvalue weighted by Crippen LogP contribution is 2.40. The first-order valence-electron chi connectivity index (χ1n) is 15.4. The Kier molecular flexibility index (Phi) is 6.14. The van der Waals surface area contributed by atoms with Crippen LogP contribution in [-0.4, -0.2) is 55.8 Å². The number of nitrogens with zero attached hydrogens (tertiary/aromatic N) is 4. The third kappa shape index (κ3) is 4.26. The molecule has 2 bridgehead atoms. The second kappa shape index (κ2) is 9.96. The lowest BCUT2D eigenvalue weighted by molar-refractivity contribution is 0.0700. The van der Waals surface area contributed by atoms with Crippen LogP contribution in [0.15, 0.2) is 60.7 Å². The van der Waals surface area contributed by atoms with Crippen molar-refractivity contribution in [3.63, 3.8) is 0 Å². The number of aliphatic hydroxyl groups excluding tert-OH is 1. The first kappa shape index (κ1) is 26.5. The number of imidazole rings is 1. The highest BCUT2D eigenvalue weighted by atomic mass is 16.5. The number of hydrogen-bond donors (Lipinski definition) is 2. The number of aliphatic hydroxyl groups is 1. The molecule has 1 amide bonds. The number of carbonyl (C=O) groups excluding carboxylic acids is 1. The Morgan fingerprint density at radius 3 is 2.60 bits per heavy atom.